The molecule has 2 aromatic heterocycles. The van der Waals surface area contributed by atoms with Crippen molar-refractivity contribution >= 4 is 28.9 Å². The second-order valence-electron chi connectivity index (χ2n) is 5.81. The number of benzene rings is 1. The van der Waals surface area contributed by atoms with Crippen molar-refractivity contribution in [2.45, 2.75) is 13.3 Å². The van der Waals surface area contributed by atoms with Gasteiger partial charge in [0.15, 0.2) is 0 Å². The number of thiophene rings is 1. The third kappa shape index (κ3) is 4.09. The normalized spacial score (nSPS) is 11.3. The van der Waals surface area contributed by atoms with Gasteiger partial charge in [-0.15, -0.1) is 11.3 Å². The van der Waals surface area contributed by atoms with Crippen molar-refractivity contribution in [3.05, 3.63) is 74.3 Å². The maximum Gasteiger partial charge on any atom is 0.311 e. The maximum atomic E-state index is 13.0. The highest BCUT2D eigenvalue weighted by molar-refractivity contribution is 7.12. The Morgan fingerprint density at radius 1 is 1.21 bits per heavy atom. The Kier molecular flexibility index (Phi) is 5.85. The molecule has 0 unspecified atom stereocenters. The molecule has 3 rings (SSSR count). The van der Waals surface area contributed by atoms with Crippen LogP contribution in [0.5, 0.6) is 0 Å². The smallest absolute Gasteiger partial charge is 0.311 e. The number of para-hydroxylation sites is 1. The van der Waals surface area contributed by atoms with Gasteiger partial charge in [-0.1, -0.05) is 24.3 Å². The molecule has 0 atom stereocenters. The number of carbonyl (C=O) groups is 2. The van der Waals surface area contributed by atoms with Crippen LogP contribution in [0, 0.1) is 0 Å². The first-order chi connectivity index (χ1) is 13.5. The average molecular weight is 398 g/mol. The third-order valence-electron chi connectivity index (χ3n) is 3.96. The van der Waals surface area contributed by atoms with Crippen molar-refractivity contribution in [2.75, 3.05) is 7.11 Å². The van der Waals surface area contributed by atoms with E-state index in [1.165, 1.54) is 23.1 Å². The zero-order valence-corrected chi connectivity index (χ0v) is 16.1. The fourth-order valence-corrected chi connectivity index (χ4v) is 3.23. The summed E-state index contributed by atoms with van der Waals surface area (Å²) in [6.07, 6.45) is -0.132. The molecule has 144 valence electrons. The zero-order valence-electron chi connectivity index (χ0n) is 15.3. The maximum absolute atomic E-state index is 13.0. The summed E-state index contributed by atoms with van der Waals surface area (Å²) in [6.45, 7) is 1.59. The van der Waals surface area contributed by atoms with E-state index in [1.54, 1.807) is 48.7 Å². The monoisotopic (exact) mass is 398 g/mol. The van der Waals surface area contributed by atoms with Gasteiger partial charge < -0.3 is 4.74 Å². The van der Waals surface area contributed by atoms with Crippen molar-refractivity contribution < 1.29 is 14.3 Å². The first kappa shape index (κ1) is 19.3. The second kappa shape index (κ2) is 8.49. The van der Waals surface area contributed by atoms with Crippen molar-refractivity contribution in [1.82, 2.24) is 15.2 Å². The fourth-order valence-electron chi connectivity index (χ4n) is 2.61. The van der Waals surface area contributed by atoms with Crippen LogP contribution in [0.1, 0.15) is 27.9 Å². The number of nitrogens with one attached hydrogen (secondary N) is 2. The quantitative estimate of drug-likeness (QED) is 0.377. The molecule has 28 heavy (non-hydrogen) atoms. The first-order valence-electron chi connectivity index (χ1n) is 8.36. The molecule has 0 spiro atoms. The van der Waals surface area contributed by atoms with E-state index in [-0.39, 0.29) is 29.2 Å². The molecule has 0 saturated heterocycles. The molecule has 0 fully saturated rings. The average Bonchev–Trinajstić information content (AvgIpc) is 3.35. The van der Waals surface area contributed by atoms with Gasteiger partial charge in [-0.25, -0.2) is 10.1 Å². The van der Waals surface area contributed by atoms with Gasteiger partial charge >= 0.3 is 5.97 Å². The Balaban J connectivity index is 1.98. The predicted octanol–water partition coefficient (Wildman–Crippen LogP) is 2.10. The Bertz CT molecular complexity index is 1070. The van der Waals surface area contributed by atoms with Crippen LogP contribution in [-0.4, -0.2) is 34.5 Å². The number of nitrogens with zero attached hydrogens (tertiary/aromatic N) is 2. The number of rotatable bonds is 6. The van der Waals surface area contributed by atoms with Crippen LogP contribution in [0.4, 0.5) is 0 Å². The second-order valence-corrected chi connectivity index (χ2v) is 6.76. The summed E-state index contributed by atoms with van der Waals surface area (Å²) in [4.78, 5) is 37.3. The van der Waals surface area contributed by atoms with E-state index in [9.17, 15) is 14.4 Å². The molecule has 9 heteroatoms. The number of hydrogen-bond acceptors (Lipinski definition) is 6. The summed E-state index contributed by atoms with van der Waals surface area (Å²) in [6, 6.07) is 12.4. The predicted molar refractivity (Wildman–Crippen MR) is 106 cm³/mol. The number of hydrazone groups is 1. The van der Waals surface area contributed by atoms with Gasteiger partial charge in [-0.2, -0.15) is 5.10 Å². The van der Waals surface area contributed by atoms with Gasteiger partial charge in [0.25, 0.3) is 11.5 Å². The van der Waals surface area contributed by atoms with Gasteiger partial charge in [-0.05, 0) is 30.5 Å². The Morgan fingerprint density at radius 3 is 2.61 bits per heavy atom. The van der Waals surface area contributed by atoms with Crippen molar-refractivity contribution in [1.29, 1.82) is 0 Å². The molecule has 2 heterocycles. The van der Waals surface area contributed by atoms with Crippen LogP contribution in [0.3, 0.4) is 0 Å². The molecule has 1 amide bonds. The molecule has 0 radical (unpaired) electrons. The lowest BCUT2D eigenvalue weighted by Crippen LogP contribution is -2.23. The molecule has 2 N–H and O–H groups in total. The lowest BCUT2D eigenvalue weighted by molar-refractivity contribution is -0.139. The van der Waals surface area contributed by atoms with E-state index >= 15 is 0 Å². The van der Waals surface area contributed by atoms with Crippen LogP contribution in [0.15, 0.2) is 57.7 Å². The summed E-state index contributed by atoms with van der Waals surface area (Å²) >= 11 is 1.28. The number of H-pyrrole nitrogens is 1. The minimum atomic E-state index is -0.502. The lowest BCUT2D eigenvalue weighted by atomic mass is 10.1. The minimum absolute atomic E-state index is 0.132. The number of esters is 1. The summed E-state index contributed by atoms with van der Waals surface area (Å²) in [5, 5.41) is 8.77. The van der Waals surface area contributed by atoms with Gasteiger partial charge in [0.05, 0.1) is 41.1 Å². The molecular formula is C19H18N4O4S. The molecule has 1 aromatic carbocycles. The molecule has 0 saturated carbocycles. The van der Waals surface area contributed by atoms with Crippen LogP contribution < -0.4 is 11.0 Å². The lowest BCUT2D eigenvalue weighted by Gasteiger charge is -2.02. The van der Waals surface area contributed by atoms with Crippen LogP contribution in [-0.2, 0) is 16.0 Å². The molecule has 8 nitrogen and oxygen atoms in total. The summed E-state index contributed by atoms with van der Waals surface area (Å²) in [7, 11) is 1.27. The number of amides is 1. The Labute approximate surface area is 164 Å². The Morgan fingerprint density at radius 2 is 1.96 bits per heavy atom. The third-order valence-corrected chi connectivity index (χ3v) is 4.83. The molecular weight excluding hydrogens is 380 g/mol. The minimum Gasteiger partial charge on any atom is -0.469 e. The van der Waals surface area contributed by atoms with Gasteiger partial charge in [0.2, 0.25) is 0 Å². The summed E-state index contributed by atoms with van der Waals surface area (Å²) in [5.41, 5.74) is 3.51. The standard InChI is InChI=1S/C19H18N4O4S/c1-12(20-21-18(25)15-9-6-10-28-15)17-14(11-16(24)27-2)22-23(19(17)26)13-7-4-3-5-8-13/h3-10,22H,11H2,1-2H3,(H,21,25)/b20-12+. The highest BCUT2D eigenvalue weighted by atomic mass is 32.1. The van der Waals surface area contributed by atoms with E-state index < -0.39 is 5.97 Å². The SMILES string of the molecule is COC(=O)Cc1[nH]n(-c2ccccc2)c(=O)c1/C(C)=N/NC(=O)c1cccs1. The largest absolute Gasteiger partial charge is 0.469 e. The van der Waals surface area contributed by atoms with Gasteiger partial charge in [0, 0.05) is 0 Å². The molecule has 0 aliphatic rings. The van der Waals surface area contributed by atoms with Gasteiger partial charge in [0.1, 0.15) is 0 Å². The topological polar surface area (TPSA) is 106 Å². The fraction of sp³-hybridized carbons (Fsp3) is 0.158. The molecule has 0 bridgehead atoms. The first-order valence-corrected chi connectivity index (χ1v) is 9.24. The zero-order chi connectivity index (χ0) is 20.1. The summed E-state index contributed by atoms with van der Waals surface area (Å²) < 4.78 is 6.04. The van der Waals surface area contributed by atoms with E-state index in [1.807, 2.05) is 6.07 Å². The number of hydrogen-bond donors (Lipinski definition) is 2. The number of aromatic nitrogens is 2. The molecule has 3 aromatic rings. The van der Waals surface area contributed by atoms with E-state index in [2.05, 4.69) is 15.6 Å². The van der Waals surface area contributed by atoms with E-state index in [0.717, 1.165) is 0 Å². The highest BCUT2D eigenvalue weighted by Gasteiger charge is 2.20. The number of ether oxygens (including phenoxy) is 1. The van der Waals surface area contributed by atoms with Crippen molar-refractivity contribution in [2.24, 2.45) is 5.10 Å². The number of carbonyl (C=O) groups excluding carboxylic acids is 2. The van der Waals surface area contributed by atoms with Crippen LogP contribution in [0.25, 0.3) is 5.69 Å². The summed E-state index contributed by atoms with van der Waals surface area (Å²) in [5.74, 6) is -0.874. The van der Waals surface area contributed by atoms with Crippen molar-refractivity contribution in [3.8, 4) is 5.69 Å². The van der Waals surface area contributed by atoms with Gasteiger partial charge in [-0.3, -0.25) is 19.5 Å². The number of aromatic amines is 1. The molecule has 0 aliphatic heterocycles. The van der Waals surface area contributed by atoms with Crippen molar-refractivity contribution in [3.63, 3.8) is 0 Å². The number of methoxy groups -OCH3 is 1. The highest BCUT2D eigenvalue weighted by Crippen LogP contribution is 2.11. The van der Waals surface area contributed by atoms with E-state index in [4.69, 9.17) is 4.74 Å². The van der Waals surface area contributed by atoms with Crippen LogP contribution >= 0.6 is 11.3 Å². The van der Waals surface area contributed by atoms with Crippen LogP contribution in [0.2, 0.25) is 0 Å². The Hall–Kier alpha value is -3.46. The molecule has 0 aliphatic carbocycles. The van der Waals surface area contributed by atoms with E-state index in [0.29, 0.717) is 16.3 Å².